The molecule has 1 saturated heterocycles. The summed E-state index contributed by atoms with van der Waals surface area (Å²) >= 11 is 0. The van der Waals surface area contributed by atoms with Crippen LogP contribution in [-0.2, 0) is 10.0 Å². The average molecular weight is 286 g/mol. The summed E-state index contributed by atoms with van der Waals surface area (Å²) in [6, 6.07) is 0.288. The van der Waals surface area contributed by atoms with Gasteiger partial charge in [0.25, 0.3) is 0 Å². The highest BCUT2D eigenvalue weighted by molar-refractivity contribution is 7.89. The van der Waals surface area contributed by atoms with Gasteiger partial charge < -0.3 is 4.90 Å². The zero-order chi connectivity index (χ0) is 14.2. The lowest BCUT2D eigenvalue weighted by Gasteiger charge is -2.35. The molecule has 2 heterocycles. The lowest BCUT2D eigenvalue weighted by Crippen LogP contribution is -2.47. The lowest BCUT2D eigenvalue weighted by molar-refractivity contribution is 0.190. The van der Waals surface area contributed by atoms with Crippen LogP contribution in [0.1, 0.15) is 24.2 Å². The van der Waals surface area contributed by atoms with Crippen molar-refractivity contribution >= 4 is 10.0 Å². The van der Waals surface area contributed by atoms with E-state index in [2.05, 4.69) is 15.1 Å². The minimum atomic E-state index is -3.43. The first kappa shape index (κ1) is 14.5. The summed E-state index contributed by atoms with van der Waals surface area (Å²) in [6.07, 6.45) is 1.94. The molecule has 0 spiro atoms. The molecule has 0 aliphatic carbocycles. The number of aromatic amines is 1. The van der Waals surface area contributed by atoms with Gasteiger partial charge in [-0.05, 0) is 40.8 Å². The normalized spacial score (nSPS) is 22.1. The molecule has 7 heteroatoms. The molecular weight excluding hydrogens is 264 g/mol. The van der Waals surface area contributed by atoms with Crippen LogP contribution in [-0.4, -0.2) is 61.0 Å². The van der Waals surface area contributed by atoms with Crippen LogP contribution in [0.25, 0.3) is 0 Å². The van der Waals surface area contributed by atoms with Crippen LogP contribution in [0.5, 0.6) is 0 Å². The van der Waals surface area contributed by atoms with Crippen molar-refractivity contribution in [3.05, 3.63) is 11.4 Å². The summed E-state index contributed by atoms with van der Waals surface area (Å²) in [6.45, 7) is 4.63. The number of hydrogen-bond donors (Lipinski definition) is 1. The summed E-state index contributed by atoms with van der Waals surface area (Å²) in [5, 5.41) is 6.74. The smallest absolute Gasteiger partial charge is 0.246 e. The number of hydrogen-bond acceptors (Lipinski definition) is 4. The Labute approximate surface area is 114 Å². The molecule has 2 rings (SSSR count). The lowest BCUT2D eigenvalue weighted by atomic mass is 10.1. The zero-order valence-corrected chi connectivity index (χ0v) is 12.8. The molecule has 0 aromatic carbocycles. The summed E-state index contributed by atoms with van der Waals surface area (Å²) in [5.41, 5.74) is 1.16. The fourth-order valence-electron chi connectivity index (χ4n) is 2.61. The SMILES string of the molecule is Cc1n[nH]c(C)c1S(=O)(=O)N1CCCC(N(C)C)C1. The van der Waals surface area contributed by atoms with Gasteiger partial charge >= 0.3 is 0 Å². The Hall–Kier alpha value is -0.920. The first-order valence-electron chi connectivity index (χ1n) is 6.52. The number of aromatic nitrogens is 2. The Morgan fingerprint density at radius 2 is 2.05 bits per heavy atom. The maximum atomic E-state index is 12.7. The Bertz CT molecular complexity index is 531. The Morgan fingerprint density at radius 1 is 1.37 bits per heavy atom. The highest BCUT2D eigenvalue weighted by Gasteiger charge is 2.33. The first-order chi connectivity index (χ1) is 8.84. The van der Waals surface area contributed by atoms with Crippen molar-refractivity contribution in [3.8, 4) is 0 Å². The number of rotatable bonds is 3. The molecule has 6 nitrogen and oxygen atoms in total. The maximum absolute atomic E-state index is 12.7. The van der Waals surface area contributed by atoms with Crippen molar-refractivity contribution in [2.45, 2.75) is 37.6 Å². The second-order valence-corrected chi connectivity index (χ2v) is 7.26. The van der Waals surface area contributed by atoms with Crippen LogP contribution < -0.4 is 0 Å². The third kappa shape index (κ3) is 2.68. The van der Waals surface area contributed by atoms with Gasteiger partial charge in [0.1, 0.15) is 4.90 Å². The minimum absolute atomic E-state index is 0.288. The molecule has 0 radical (unpaired) electrons. The second-order valence-electron chi connectivity index (χ2n) is 5.39. The summed E-state index contributed by atoms with van der Waals surface area (Å²) in [4.78, 5) is 2.43. The van der Waals surface area contributed by atoms with E-state index in [-0.39, 0.29) is 6.04 Å². The largest absolute Gasteiger partial charge is 0.305 e. The van der Waals surface area contributed by atoms with Gasteiger partial charge in [-0.15, -0.1) is 0 Å². The molecule has 1 N–H and O–H groups in total. The third-order valence-corrected chi connectivity index (χ3v) is 5.88. The summed E-state index contributed by atoms with van der Waals surface area (Å²) in [5.74, 6) is 0. The Balaban J connectivity index is 2.30. The van der Waals surface area contributed by atoms with Gasteiger partial charge in [0.2, 0.25) is 10.0 Å². The van der Waals surface area contributed by atoms with Crippen LogP contribution >= 0.6 is 0 Å². The first-order valence-corrected chi connectivity index (χ1v) is 7.96. The highest BCUT2D eigenvalue weighted by Crippen LogP contribution is 2.25. The minimum Gasteiger partial charge on any atom is -0.305 e. The molecule has 1 unspecified atom stereocenters. The van der Waals surface area contributed by atoms with Crippen molar-refractivity contribution < 1.29 is 8.42 Å². The molecule has 1 aromatic rings. The van der Waals surface area contributed by atoms with E-state index in [1.807, 2.05) is 14.1 Å². The van der Waals surface area contributed by atoms with E-state index in [1.54, 1.807) is 18.2 Å². The van der Waals surface area contributed by atoms with E-state index in [1.165, 1.54) is 0 Å². The van der Waals surface area contributed by atoms with E-state index in [0.29, 0.717) is 29.4 Å². The molecule has 108 valence electrons. The maximum Gasteiger partial charge on any atom is 0.246 e. The van der Waals surface area contributed by atoms with Gasteiger partial charge in [-0.2, -0.15) is 9.40 Å². The molecule has 1 fully saturated rings. The molecule has 0 saturated carbocycles. The van der Waals surface area contributed by atoms with Crippen molar-refractivity contribution in [2.24, 2.45) is 0 Å². The topological polar surface area (TPSA) is 69.3 Å². The summed E-state index contributed by atoms with van der Waals surface area (Å²) in [7, 11) is 0.557. The van der Waals surface area contributed by atoms with Crippen molar-refractivity contribution in [2.75, 3.05) is 27.2 Å². The van der Waals surface area contributed by atoms with Crippen LogP contribution in [0.2, 0.25) is 0 Å². The van der Waals surface area contributed by atoms with Crippen LogP contribution in [0, 0.1) is 13.8 Å². The number of likely N-dealkylation sites (N-methyl/N-ethyl adjacent to an activating group) is 1. The van der Waals surface area contributed by atoms with Crippen molar-refractivity contribution in [1.82, 2.24) is 19.4 Å². The Morgan fingerprint density at radius 3 is 2.58 bits per heavy atom. The molecular formula is C12H22N4O2S. The van der Waals surface area contributed by atoms with E-state index < -0.39 is 10.0 Å². The number of sulfonamides is 1. The van der Waals surface area contributed by atoms with Gasteiger partial charge in [0, 0.05) is 19.1 Å². The van der Waals surface area contributed by atoms with Crippen LogP contribution in [0.15, 0.2) is 4.90 Å². The average Bonchev–Trinajstić information content (AvgIpc) is 2.69. The molecule has 0 bridgehead atoms. The van der Waals surface area contributed by atoms with Gasteiger partial charge in [-0.25, -0.2) is 8.42 Å². The van der Waals surface area contributed by atoms with Gasteiger partial charge in [0.15, 0.2) is 0 Å². The highest BCUT2D eigenvalue weighted by atomic mass is 32.2. The fraction of sp³-hybridized carbons (Fsp3) is 0.750. The zero-order valence-electron chi connectivity index (χ0n) is 12.0. The number of piperidine rings is 1. The van der Waals surface area contributed by atoms with Gasteiger partial charge in [-0.3, -0.25) is 5.10 Å². The van der Waals surface area contributed by atoms with Crippen molar-refractivity contribution in [3.63, 3.8) is 0 Å². The number of H-pyrrole nitrogens is 1. The van der Waals surface area contributed by atoms with Crippen LogP contribution in [0.4, 0.5) is 0 Å². The van der Waals surface area contributed by atoms with Crippen molar-refractivity contribution in [1.29, 1.82) is 0 Å². The molecule has 19 heavy (non-hydrogen) atoms. The number of nitrogens with zero attached hydrogens (tertiary/aromatic N) is 3. The summed E-state index contributed by atoms with van der Waals surface area (Å²) < 4.78 is 27.0. The second kappa shape index (κ2) is 5.22. The molecule has 1 atom stereocenters. The number of nitrogens with one attached hydrogen (secondary N) is 1. The van der Waals surface area contributed by atoms with E-state index in [4.69, 9.17) is 0 Å². The van der Waals surface area contributed by atoms with E-state index in [0.717, 1.165) is 12.8 Å². The van der Waals surface area contributed by atoms with E-state index >= 15 is 0 Å². The predicted molar refractivity (Wildman–Crippen MR) is 73.5 cm³/mol. The Kier molecular flexibility index (Phi) is 3.98. The molecule has 0 amide bonds. The standard InChI is InChI=1S/C12H22N4O2S/c1-9-12(10(2)14-13-9)19(17,18)16-7-5-6-11(8-16)15(3)4/h11H,5-8H2,1-4H3,(H,13,14). The van der Waals surface area contributed by atoms with Gasteiger partial charge in [-0.1, -0.05) is 0 Å². The van der Waals surface area contributed by atoms with Gasteiger partial charge in [0.05, 0.1) is 11.4 Å². The van der Waals surface area contributed by atoms with Crippen LogP contribution in [0.3, 0.4) is 0 Å². The fourth-order valence-corrected chi connectivity index (χ4v) is 4.46. The molecule has 1 aromatic heterocycles. The quantitative estimate of drug-likeness (QED) is 0.890. The van der Waals surface area contributed by atoms with E-state index in [9.17, 15) is 8.42 Å². The number of aryl methyl sites for hydroxylation is 2. The molecule has 1 aliphatic rings. The monoisotopic (exact) mass is 286 g/mol. The predicted octanol–water partition coefficient (Wildman–Crippen LogP) is 0.741. The molecule has 1 aliphatic heterocycles. The third-order valence-electron chi connectivity index (χ3n) is 3.75.